The van der Waals surface area contributed by atoms with Crippen LogP contribution in [-0.4, -0.2) is 24.5 Å². The van der Waals surface area contributed by atoms with Gasteiger partial charge in [0.25, 0.3) is 0 Å². The molecule has 2 atom stereocenters. The maximum absolute atomic E-state index is 5.26. The molecule has 0 aromatic rings. The summed E-state index contributed by atoms with van der Waals surface area (Å²) in [5.74, 6) is 3.57. The average Bonchev–Trinajstić information content (AvgIpc) is 2.15. The number of rotatable bonds is 3. The smallest absolute Gasteiger partial charge is 0.0214 e. The molecule has 0 bridgehead atoms. The second kappa shape index (κ2) is 5.29. The first-order chi connectivity index (χ1) is 6.25. The van der Waals surface area contributed by atoms with Crippen molar-refractivity contribution in [2.75, 3.05) is 13.6 Å². The molecule has 0 radical (unpaired) electrons. The highest BCUT2D eigenvalue weighted by atomic mass is 15.1. The maximum atomic E-state index is 5.26. The second-order valence-corrected chi connectivity index (χ2v) is 4.26. The fourth-order valence-corrected chi connectivity index (χ4v) is 2.36. The van der Waals surface area contributed by atoms with Gasteiger partial charge in [0.1, 0.15) is 0 Å². The average molecular weight is 179 g/mol. The third kappa shape index (κ3) is 3.04. The van der Waals surface area contributed by atoms with Crippen molar-refractivity contribution in [3.05, 3.63) is 0 Å². The monoisotopic (exact) mass is 179 g/mol. The van der Waals surface area contributed by atoms with Gasteiger partial charge in [-0.2, -0.15) is 0 Å². The minimum absolute atomic E-state index is 0.780. The van der Waals surface area contributed by atoms with Crippen LogP contribution in [0.25, 0.3) is 0 Å². The summed E-state index contributed by atoms with van der Waals surface area (Å²) in [4.78, 5) is 2.45. The Balaban J connectivity index is 2.35. The SMILES string of the molecule is C#CCCN(C)C1CCCCC1C. The van der Waals surface area contributed by atoms with E-state index in [1.54, 1.807) is 0 Å². The summed E-state index contributed by atoms with van der Waals surface area (Å²) < 4.78 is 0. The highest BCUT2D eigenvalue weighted by molar-refractivity contribution is 4.86. The molecule has 0 saturated heterocycles. The summed E-state index contributed by atoms with van der Waals surface area (Å²) in [5.41, 5.74) is 0. The van der Waals surface area contributed by atoms with Crippen molar-refractivity contribution in [2.45, 2.75) is 45.1 Å². The van der Waals surface area contributed by atoms with E-state index in [4.69, 9.17) is 6.42 Å². The van der Waals surface area contributed by atoms with Crippen LogP contribution in [0.1, 0.15) is 39.0 Å². The topological polar surface area (TPSA) is 3.24 Å². The molecule has 0 amide bonds. The molecule has 0 heterocycles. The highest BCUT2D eigenvalue weighted by Gasteiger charge is 2.24. The molecule has 0 N–H and O–H groups in total. The van der Waals surface area contributed by atoms with Crippen LogP contribution in [0.3, 0.4) is 0 Å². The normalized spacial score (nSPS) is 28.8. The van der Waals surface area contributed by atoms with Crippen molar-refractivity contribution >= 4 is 0 Å². The molecule has 1 nitrogen and oxygen atoms in total. The number of terminal acetylenes is 1. The molecule has 1 saturated carbocycles. The Hall–Kier alpha value is -0.480. The van der Waals surface area contributed by atoms with Crippen LogP contribution in [0.4, 0.5) is 0 Å². The summed E-state index contributed by atoms with van der Waals surface area (Å²) in [6, 6.07) is 0.780. The van der Waals surface area contributed by atoms with Crippen molar-refractivity contribution in [1.82, 2.24) is 4.90 Å². The quantitative estimate of drug-likeness (QED) is 0.602. The lowest BCUT2D eigenvalue weighted by molar-refractivity contribution is 0.142. The standard InChI is InChI=1S/C12H21N/c1-4-5-10-13(3)12-9-7-6-8-11(12)2/h1,11-12H,5-10H2,2-3H3. The minimum atomic E-state index is 0.780. The van der Waals surface area contributed by atoms with Gasteiger partial charge in [0.2, 0.25) is 0 Å². The molecule has 1 heteroatoms. The maximum Gasteiger partial charge on any atom is 0.0214 e. The third-order valence-corrected chi connectivity index (χ3v) is 3.24. The van der Waals surface area contributed by atoms with E-state index in [9.17, 15) is 0 Å². The Bertz CT molecular complexity index is 180. The molecule has 74 valence electrons. The molecule has 2 unspecified atom stereocenters. The van der Waals surface area contributed by atoms with E-state index < -0.39 is 0 Å². The minimum Gasteiger partial charge on any atom is -0.302 e. The molecular weight excluding hydrogens is 158 g/mol. The highest BCUT2D eigenvalue weighted by Crippen LogP contribution is 2.27. The van der Waals surface area contributed by atoms with Crippen molar-refractivity contribution in [1.29, 1.82) is 0 Å². The lowest BCUT2D eigenvalue weighted by atomic mass is 9.85. The van der Waals surface area contributed by atoms with Gasteiger partial charge in [-0.3, -0.25) is 0 Å². The van der Waals surface area contributed by atoms with Gasteiger partial charge in [-0.05, 0) is 25.8 Å². The Labute approximate surface area is 82.5 Å². The zero-order valence-corrected chi connectivity index (χ0v) is 8.92. The zero-order valence-electron chi connectivity index (χ0n) is 8.92. The molecule has 0 aliphatic heterocycles. The molecule has 13 heavy (non-hydrogen) atoms. The fourth-order valence-electron chi connectivity index (χ4n) is 2.36. The van der Waals surface area contributed by atoms with Crippen molar-refractivity contribution in [3.63, 3.8) is 0 Å². The first kappa shape index (κ1) is 10.6. The first-order valence-corrected chi connectivity index (χ1v) is 5.39. The Kier molecular flexibility index (Phi) is 4.32. The van der Waals surface area contributed by atoms with Gasteiger partial charge in [-0.1, -0.05) is 19.8 Å². The van der Waals surface area contributed by atoms with Crippen LogP contribution in [0.15, 0.2) is 0 Å². The Morgan fingerprint density at radius 1 is 1.38 bits per heavy atom. The van der Waals surface area contributed by atoms with Crippen molar-refractivity contribution in [2.24, 2.45) is 5.92 Å². The lowest BCUT2D eigenvalue weighted by Crippen LogP contribution is -2.39. The van der Waals surface area contributed by atoms with Crippen LogP contribution in [0.5, 0.6) is 0 Å². The summed E-state index contributed by atoms with van der Waals surface area (Å²) in [5, 5.41) is 0. The predicted molar refractivity (Wildman–Crippen MR) is 57.5 cm³/mol. The summed E-state index contributed by atoms with van der Waals surface area (Å²) >= 11 is 0. The van der Waals surface area contributed by atoms with Gasteiger partial charge in [-0.25, -0.2) is 0 Å². The number of hydrogen-bond acceptors (Lipinski definition) is 1. The number of hydrogen-bond donors (Lipinski definition) is 0. The van der Waals surface area contributed by atoms with Gasteiger partial charge in [-0.15, -0.1) is 12.3 Å². The third-order valence-electron chi connectivity index (χ3n) is 3.24. The molecule has 0 aromatic carbocycles. The van der Waals surface area contributed by atoms with Crippen LogP contribution >= 0.6 is 0 Å². The molecule has 1 aliphatic rings. The van der Waals surface area contributed by atoms with Crippen LogP contribution in [0, 0.1) is 18.3 Å². The summed E-state index contributed by atoms with van der Waals surface area (Å²) in [6.45, 7) is 3.43. The molecule has 1 fully saturated rings. The number of nitrogens with zero attached hydrogens (tertiary/aromatic N) is 1. The molecule has 0 aromatic heterocycles. The largest absolute Gasteiger partial charge is 0.302 e. The molecule has 1 aliphatic carbocycles. The van der Waals surface area contributed by atoms with E-state index in [0.29, 0.717) is 0 Å². The van der Waals surface area contributed by atoms with Crippen LogP contribution < -0.4 is 0 Å². The van der Waals surface area contributed by atoms with Gasteiger partial charge in [0.05, 0.1) is 0 Å². The molecule has 0 spiro atoms. The van der Waals surface area contributed by atoms with E-state index in [2.05, 4.69) is 24.8 Å². The van der Waals surface area contributed by atoms with Crippen molar-refractivity contribution < 1.29 is 0 Å². The van der Waals surface area contributed by atoms with Crippen LogP contribution in [0.2, 0.25) is 0 Å². The Morgan fingerprint density at radius 3 is 2.69 bits per heavy atom. The zero-order chi connectivity index (χ0) is 9.68. The van der Waals surface area contributed by atoms with Gasteiger partial charge >= 0.3 is 0 Å². The predicted octanol–water partition coefficient (Wildman–Crippen LogP) is 2.52. The van der Waals surface area contributed by atoms with E-state index in [1.165, 1.54) is 25.7 Å². The fraction of sp³-hybridized carbons (Fsp3) is 0.833. The van der Waals surface area contributed by atoms with Gasteiger partial charge < -0.3 is 4.90 Å². The van der Waals surface area contributed by atoms with Crippen molar-refractivity contribution in [3.8, 4) is 12.3 Å². The van der Waals surface area contributed by atoms with Gasteiger partial charge in [0.15, 0.2) is 0 Å². The summed E-state index contributed by atoms with van der Waals surface area (Å²) in [7, 11) is 2.21. The van der Waals surface area contributed by atoms with E-state index in [1.807, 2.05) is 0 Å². The van der Waals surface area contributed by atoms with E-state index >= 15 is 0 Å². The first-order valence-electron chi connectivity index (χ1n) is 5.39. The second-order valence-electron chi connectivity index (χ2n) is 4.26. The van der Waals surface area contributed by atoms with Gasteiger partial charge in [0, 0.05) is 19.0 Å². The summed E-state index contributed by atoms with van der Waals surface area (Å²) in [6.07, 6.45) is 11.7. The lowest BCUT2D eigenvalue weighted by Gasteiger charge is -2.36. The van der Waals surface area contributed by atoms with E-state index in [0.717, 1.165) is 24.9 Å². The Morgan fingerprint density at radius 2 is 2.08 bits per heavy atom. The molecular formula is C12H21N. The van der Waals surface area contributed by atoms with Crippen LogP contribution in [-0.2, 0) is 0 Å². The molecule has 1 rings (SSSR count). The van der Waals surface area contributed by atoms with E-state index in [-0.39, 0.29) is 0 Å².